The summed E-state index contributed by atoms with van der Waals surface area (Å²) < 4.78 is 1.10. The van der Waals surface area contributed by atoms with Crippen molar-refractivity contribution in [2.45, 2.75) is 6.92 Å². The second-order valence-electron chi connectivity index (χ2n) is 4.49. The Labute approximate surface area is 124 Å². The number of benzene rings is 2. The number of aryl methyl sites for hydroxylation is 1. The summed E-state index contributed by atoms with van der Waals surface area (Å²) in [4.78, 5) is 19.0. The first-order chi connectivity index (χ1) is 10.1. The van der Waals surface area contributed by atoms with Gasteiger partial charge >= 0.3 is 0 Å². The largest absolute Gasteiger partial charge is 0.269 e. The summed E-state index contributed by atoms with van der Waals surface area (Å²) in [6, 6.07) is 12.1. The topological polar surface area (TPSA) is 68.4 Å². The molecule has 6 heteroatoms. The first-order valence-corrected chi connectivity index (χ1v) is 7.09. The van der Waals surface area contributed by atoms with E-state index in [2.05, 4.69) is 9.98 Å². The molecule has 0 N–H and O–H groups in total. The quantitative estimate of drug-likeness (QED) is 0.412. The second-order valence-corrected chi connectivity index (χ2v) is 5.73. The van der Waals surface area contributed by atoms with Crippen molar-refractivity contribution in [2.75, 3.05) is 0 Å². The smallest absolute Gasteiger partial charge is 0.258 e. The van der Waals surface area contributed by atoms with Crippen LogP contribution in [0.4, 0.5) is 11.4 Å². The van der Waals surface area contributed by atoms with E-state index in [0.717, 1.165) is 26.5 Å². The van der Waals surface area contributed by atoms with Crippen LogP contribution >= 0.6 is 11.3 Å². The Bertz CT molecular complexity index is 838. The Balaban J connectivity index is 1.84. The van der Waals surface area contributed by atoms with Crippen LogP contribution in [0, 0.1) is 17.0 Å². The van der Waals surface area contributed by atoms with Crippen LogP contribution in [-0.4, -0.2) is 16.1 Å². The number of thiazole rings is 1. The lowest BCUT2D eigenvalue weighted by Crippen LogP contribution is -1.88. The van der Waals surface area contributed by atoms with Crippen molar-refractivity contribution in [3.8, 4) is 0 Å². The molecule has 0 aliphatic carbocycles. The van der Waals surface area contributed by atoms with Crippen LogP contribution in [0.3, 0.4) is 0 Å². The number of hydrogen-bond acceptors (Lipinski definition) is 5. The maximum atomic E-state index is 10.6. The Morgan fingerprint density at radius 1 is 1.24 bits per heavy atom. The van der Waals surface area contributed by atoms with Gasteiger partial charge in [-0.15, -0.1) is 11.3 Å². The van der Waals surface area contributed by atoms with Crippen molar-refractivity contribution < 1.29 is 4.92 Å². The monoisotopic (exact) mass is 297 g/mol. The normalized spacial score (nSPS) is 11.3. The first-order valence-electron chi connectivity index (χ1n) is 6.27. The SMILES string of the molecule is Cc1nc2ccc(N=Cc3ccc([N+](=O)[O-])cc3)cc2s1. The van der Waals surface area contributed by atoms with Crippen LogP contribution in [0.5, 0.6) is 0 Å². The van der Waals surface area contributed by atoms with Crippen molar-refractivity contribution >= 4 is 39.1 Å². The number of nitrogens with zero attached hydrogens (tertiary/aromatic N) is 3. The lowest BCUT2D eigenvalue weighted by atomic mass is 10.2. The fraction of sp³-hybridized carbons (Fsp3) is 0.0667. The zero-order chi connectivity index (χ0) is 14.8. The van der Waals surface area contributed by atoms with Crippen molar-refractivity contribution in [2.24, 2.45) is 4.99 Å². The maximum Gasteiger partial charge on any atom is 0.269 e. The predicted molar refractivity (Wildman–Crippen MR) is 84.7 cm³/mol. The van der Waals surface area contributed by atoms with Crippen LogP contribution in [0.1, 0.15) is 10.6 Å². The van der Waals surface area contributed by atoms with Crippen LogP contribution in [0.15, 0.2) is 47.5 Å². The lowest BCUT2D eigenvalue weighted by Gasteiger charge is -1.95. The van der Waals surface area contributed by atoms with Gasteiger partial charge in [0.1, 0.15) is 0 Å². The Hall–Kier alpha value is -2.60. The Kier molecular flexibility index (Phi) is 3.45. The van der Waals surface area contributed by atoms with E-state index >= 15 is 0 Å². The summed E-state index contributed by atoms with van der Waals surface area (Å²) in [5, 5.41) is 11.6. The fourth-order valence-corrected chi connectivity index (χ4v) is 2.80. The van der Waals surface area contributed by atoms with Gasteiger partial charge in [-0.3, -0.25) is 15.1 Å². The molecule has 0 bridgehead atoms. The van der Waals surface area contributed by atoms with Gasteiger partial charge in [0.25, 0.3) is 5.69 Å². The highest BCUT2D eigenvalue weighted by atomic mass is 32.1. The molecule has 0 atom stereocenters. The van der Waals surface area contributed by atoms with Gasteiger partial charge in [0, 0.05) is 18.3 Å². The molecule has 0 spiro atoms. The summed E-state index contributed by atoms with van der Waals surface area (Å²) >= 11 is 1.63. The molecule has 2 aromatic carbocycles. The van der Waals surface area contributed by atoms with E-state index < -0.39 is 4.92 Å². The van der Waals surface area contributed by atoms with Gasteiger partial charge in [0.15, 0.2) is 0 Å². The lowest BCUT2D eigenvalue weighted by molar-refractivity contribution is -0.384. The third-order valence-corrected chi connectivity index (χ3v) is 3.88. The average molecular weight is 297 g/mol. The molecule has 0 saturated heterocycles. The molecular weight excluding hydrogens is 286 g/mol. The number of fused-ring (bicyclic) bond motifs is 1. The molecule has 1 heterocycles. The zero-order valence-electron chi connectivity index (χ0n) is 11.2. The maximum absolute atomic E-state index is 10.6. The van der Waals surface area contributed by atoms with Gasteiger partial charge in [0.2, 0.25) is 0 Å². The molecule has 0 aliphatic heterocycles. The minimum Gasteiger partial charge on any atom is -0.258 e. The number of aliphatic imine (C=N–C) groups is 1. The summed E-state index contributed by atoms with van der Waals surface area (Å²) in [6.07, 6.45) is 1.69. The summed E-state index contributed by atoms with van der Waals surface area (Å²) in [5.41, 5.74) is 2.71. The third-order valence-electron chi connectivity index (χ3n) is 2.95. The third kappa shape index (κ3) is 2.95. The highest BCUT2D eigenvalue weighted by molar-refractivity contribution is 7.18. The number of nitro benzene ring substituents is 1. The second kappa shape index (κ2) is 5.41. The molecule has 104 valence electrons. The molecule has 1 aromatic heterocycles. The minimum atomic E-state index is -0.416. The highest BCUT2D eigenvalue weighted by Crippen LogP contribution is 2.26. The molecule has 0 saturated carbocycles. The summed E-state index contributed by atoms with van der Waals surface area (Å²) in [6.45, 7) is 1.98. The van der Waals surface area contributed by atoms with E-state index in [4.69, 9.17) is 0 Å². The van der Waals surface area contributed by atoms with Crippen LogP contribution in [0.2, 0.25) is 0 Å². The minimum absolute atomic E-state index is 0.0775. The fourth-order valence-electron chi connectivity index (χ4n) is 1.94. The van der Waals surface area contributed by atoms with E-state index in [1.165, 1.54) is 12.1 Å². The number of rotatable bonds is 3. The van der Waals surface area contributed by atoms with Crippen molar-refractivity contribution in [3.63, 3.8) is 0 Å². The van der Waals surface area contributed by atoms with E-state index in [1.54, 1.807) is 29.7 Å². The van der Waals surface area contributed by atoms with Crippen molar-refractivity contribution in [1.82, 2.24) is 4.98 Å². The molecule has 0 amide bonds. The number of non-ortho nitro benzene ring substituents is 1. The molecule has 3 rings (SSSR count). The Morgan fingerprint density at radius 2 is 2.00 bits per heavy atom. The van der Waals surface area contributed by atoms with Crippen molar-refractivity contribution in [1.29, 1.82) is 0 Å². The number of nitro groups is 1. The standard InChI is InChI=1S/C15H11N3O2S/c1-10-17-14-7-4-12(8-15(14)21-10)16-9-11-2-5-13(6-3-11)18(19)20/h2-9H,1H3. The molecular formula is C15H11N3O2S. The zero-order valence-corrected chi connectivity index (χ0v) is 12.0. The number of hydrogen-bond donors (Lipinski definition) is 0. The predicted octanol–water partition coefficient (Wildman–Crippen LogP) is 4.26. The molecule has 0 aliphatic rings. The van der Waals surface area contributed by atoms with E-state index in [1.807, 2.05) is 25.1 Å². The molecule has 0 radical (unpaired) electrons. The molecule has 0 unspecified atom stereocenters. The average Bonchev–Trinajstić information content (AvgIpc) is 2.84. The van der Waals surface area contributed by atoms with Gasteiger partial charge in [-0.2, -0.15) is 0 Å². The highest BCUT2D eigenvalue weighted by Gasteiger charge is 2.03. The van der Waals surface area contributed by atoms with E-state index in [9.17, 15) is 10.1 Å². The molecule has 0 fully saturated rings. The molecule has 21 heavy (non-hydrogen) atoms. The van der Waals surface area contributed by atoms with Crippen LogP contribution in [0.25, 0.3) is 10.2 Å². The van der Waals surface area contributed by atoms with E-state index in [-0.39, 0.29) is 5.69 Å². The van der Waals surface area contributed by atoms with Gasteiger partial charge in [0.05, 0.1) is 25.8 Å². The van der Waals surface area contributed by atoms with Gasteiger partial charge in [-0.05, 0) is 42.8 Å². The van der Waals surface area contributed by atoms with Gasteiger partial charge in [-0.1, -0.05) is 0 Å². The van der Waals surface area contributed by atoms with Crippen LogP contribution < -0.4 is 0 Å². The first kappa shape index (κ1) is 13.4. The van der Waals surface area contributed by atoms with Crippen molar-refractivity contribution in [3.05, 3.63) is 63.1 Å². The molecule has 5 nitrogen and oxygen atoms in total. The van der Waals surface area contributed by atoms with Crippen LogP contribution in [-0.2, 0) is 0 Å². The number of aromatic nitrogens is 1. The van der Waals surface area contributed by atoms with E-state index in [0.29, 0.717) is 0 Å². The van der Waals surface area contributed by atoms with Gasteiger partial charge < -0.3 is 0 Å². The molecule has 3 aromatic rings. The summed E-state index contributed by atoms with van der Waals surface area (Å²) in [7, 11) is 0. The summed E-state index contributed by atoms with van der Waals surface area (Å²) in [5.74, 6) is 0. The van der Waals surface area contributed by atoms with Gasteiger partial charge in [-0.25, -0.2) is 4.98 Å². The Morgan fingerprint density at radius 3 is 2.71 bits per heavy atom.